The first-order valence-electron chi connectivity index (χ1n) is 10.5. The van der Waals surface area contributed by atoms with Crippen LogP contribution >= 0.6 is 0 Å². The number of benzene rings is 2. The van der Waals surface area contributed by atoms with E-state index in [0.717, 1.165) is 37.9 Å². The van der Waals surface area contributed by atoms with Crippen LogP contribution in [0.3, 0.4) is 0 Å². The maximum Gasteiger partial charge on any atom is 0.338 e. The summed E-state index contributed by atoms with van der Waals surface area (Å²) in [6, 6.07) is 13.0. The van der Waals surface area contributed by atoms with Crippen LogP contribution < -0.4 is 10.6 Å². The lowest BCUT2D eigenvalue weighted by atomic mass is 10.1. The Kier molecular flexibility index (Phi) is 8.04. The van der Waals surface area contributed by atoms with Crippen LogP contribution in [-0.2, 0) is 11.2 Å². The lowest BCUT2D eigenvalue weighted by Gasteiger charge is -2.15. The van der Waals surface area contributed by atoms with Crippen LogP contribution in [0.4, 0.5) is 14.9 Å². The number of carbonyl (C=O) groups excluding carboxylic acids is 2. The number of urea groups is 1. The van der Waals surface area contributed by atoms with E-state index < -0.39 is 5.97 Å². The Hall–Kier alpha value is -3.35. The molecule has 0 aromatic heterocycles. The van der Waals surface area contributed by atoms with E-state index in [1.165, 1.54) is 17.7 Å². The number of hydrogen-bond acceptors (Lipinski definition) is 4. The van der Waals surface area contributed by atoms with E-state index >= 15 is 0 Å². The molecular formula is C24H28FN3O3. The minimum Gasteiger partial charge on any atom is -0.462 e. The number of ether oxygens (including phenoxy) is 1. The van der Waals surface area contributed by atoms with Crippen molar-refractivity contribution in [1.82, 2.24) is 10.2 Å². The van der Waals surface area contributed by atoms with E-state index in [1.54, 1.807) is 31.2 Å². The highest BCUT2D eigenvalue weighted by atomic mass is 19.1. The average molecular weight is 426 g/mol. The summed E-state index contributed by atoms with van der Waals surface area (Å²) in [6.07, 6.45) is 4.82. The molecule has 2 aromatic rings. The van der Waals surface area contributed by atoms with Crippen molar-refractivity contribution in [2.24, 2.45) is 0 Å². The third-order valence-corrected chi connectivity index (χ3v) is 4.97. The molecular weight excluding hydrogens is 397 g/mol. The van der Waals surface area contributed by atoms with Gasteiger partial charge in [-0.1, -0.05) is 18.2 Å². The Morgan fingerprint density at radius 1 is 1.16 bits per heavy atom. The molecule has 0 radical (unpaired) electrons. The first kappa shape index (κ1) is 22.3. The number of amides is 2. The summed E-state index contributed by atoms with van der Waals surface area (Å²) in [5.41, 5.74) is 3.38. The monoisotopic (exact) mass is 425 g/mol. The minimum absolute atomic E-state index is 0.214. The molecule has 0 saturated heterocycles. The van der Waals surface area contributed by atoms with Gasteiger partial charge in [-0.25, -0.2) is 14.0 Å². The van der Waals surface area contributed by atoms with Crippen LogP contribution in [-0.4, -0.2) is 43.1 Å². The molecule has 0 fully saturated rings. The van der Waals surface area contributed by atoms with Crippen molar-refractivity contribution in [3.05, 3.63) is 77.2 Å². The van der Waals surface area contributed by atoms with Crippen LogP contribution in [0.2, 0.25) is 0 Å². The van der Waals surface area contributed by atoms with Gasteiger partial charge in [0.25, 0.3) is 0 Å². The summed E-state index contributed by atoms with van der Waals surface area (Å²) in [4.78, 5) is 26.1. The molecule has 0 spiro atoms. The van der Waals surface area contributed by atoms with Gasteiger partial charge in [0.2, 0.25) is 0 Å². The van der Waals surface area contributed by atoms with Crippen LogP contribution in [0.5, 0.6) is 0 Å². The van der Waals surface area contributed by atoms with Gasteiger partial charge in [0.1, 0.15) is 5.82 Å². The quantitative estimate of drug-likeness (QED) is 0.463. The number of nitrogens with zero attached hydrogens (tertiary/aromatic N) is 1. The summed E-state index contributed by atoms with van der Waals surface area (Å²) in [6.45, 7) is 4.41. The third kappa shape index (κ3) is 7.13. The van der Waals surface area contributed by atoms with Crippen molar-refractivity contribution in [2.75, 3.05) is 31.6 Å². The zero-order chi connectivity index (χ0) is 22.1. The van der Waals surface area contributed by atoms with Crippen molar-refractivity contribution in [2.45, 2.75) is 26.2 Å². The van der Waals surface area contributed by atoms with Gasteiger partial charge >= 0.3 is 12.0 Å². The van der Waals surface area contributed by atoms with Crippen LogP contribution in [0.25, 0.3) is 0 Å². The predicted octanol–water partition coefficient (Wildman–Crippen LogP) is 4.35. The number of nitrogens with one attached hydrogen (secondary N) is 2. The summed E-state index contributed by atoms with van der Waals surface area (Å²) in [7, 11) is 0. The standard InChI is InChI=1S/C24H28FN3O3/c1-2-31-23(29)20-5-3-6-22(16-20)27-24(30)26-12-4-13-28-14-11-19(17-28)15-18-7-9-21(25)10-8-18/h3,5-10,16-17H,2,4,11-15H2,1H3,(H2,26,27,30). The van der Waals surface area contributed by atoms with Crippen LogP contribution in [0.1, 0.15) is 35.7 Å². The van der Waals surface area contributed by atoms with Gasteiger partial charge in [0.15, 0.2) is 0 Å². The largest absolute Gasteiger partial charge is 0.462 e. The van der Waals surface area contributed by atoms with Crippen molar-refractivity contribution in [3.63, 3.8) is 0 Å². The van der Waals surface area contributed by atoms with Gasteiger partial charge < -0.3 is 20.3 Å². The normalized spacial score (nSPS) is 13.0. The lowest BCUT2D eigenvalue weighted by molar-refractivity contribution is 0.0526. The third-order valence-electron chi connectivity index (χ3n) is 4.97. The molecule has 7 heteroatoms. The van der Waals surface area contributed by atoms with Gasteiger partial charge in [-0.2, -0.15) is 0 Å². The Labute approximate surface area is 182 Å². The second-order valence-electron chi connectivity index (χ2n) is 7.41. The van der Waals surface area contributed by atoms with Gasteiger partial charge in [-0.15, -0.1) is 0 Å². The highest BCUT2D eigenvalue weighted by molar-refractivity contribution is 5.93. The van der Waals surface area contributed by atoms with E-state index in [4.69, 9.17) is 4.74 Å². The fourth-order valence-corrected chi connectivity index (χ4v) is 3.45. The molecule has 6 nitrogen and oxygen atoms in total. The van der Waals surface area contributed by atoms with Gasteiger partial charge in [0.05, 0.1) is 12.2 Å². The number of esters is 1. The van der Waals surface area contributed by atoms with Crippen LogP contribution in [0.15, 0.2) is 60.3 Å². The molecule has 2 aromatic carbocycles. The van der Waals surface area contributed by atoms with Crippen molar-refractivity contribution >= 4 is 17.7 Å². The van der Waals surface area contributed by atoms with Crippen molar-refractivity contribution in [1.29, 1.82) is 0 Å². The van der Waals surface area contributed by atoms with Crippen molar-refractivity contribution < 1.29 is 18.7 Å². The molecule has 0 atom stereocenters. The number of halogens is 1. The molecule has 1 aliphatic heterocycles. The van der Waals surface area contributed by atoms with Gasteiger partial charge in [0, 0.05) is 25.3 Å². The first-order valence-corrected chi connectivity index (χ1v) is 10.5. The number of rotatable bonds is 9. The predicted molar refractivity (Wildman–Crippen MR) is 118 cm³/mol. The van der Waals surface area contributed by atoms with E-state index in [9.17, 15) is 14.0 Å². The number of hydrogen-bond donors (Lipinski definition) is 2. The maximum absolute atomic E-state index is 13.0. The zero-order valence-electron chi connectivity index (χ0n) is 17.7. The highest BCUT2D eigenvalue weighted by Gasteiger charge is 2.13. The fourth-order valence-electron chi connectivity index (χ4n) is 3.45. The summed E-state index contributed by atoms with van der Waals surface area (Å²) in [5.74, 6) is -0.627. The minimum atomic E-state index is -0.413. The molecule has 164 valence electrons. The van der Waals surface area contributed by atoms with E-state index in [2.05, 4.69) is 21.7 Å². The molecule has 1 heterocycles. The maximum atomic E-state index is 13.0. The molecule has 1 aliphatic rings. The number of carbonyl (C=O) groups is 2. The molecule has 3 rings (SSSR count). The Bertz CT molecular complexity index is 928. The molecule has 0 aliphatic carbocycles. The molecule has 31 heavy (non-hydrogen) atoms. The average Bonchev–Trinajstić information content (AvgIpc) is 3.20. The zero-order valence-corrected chi connectivity index (χ0v) is 17.7. The smallest absolute Gasteiger partial charge is 0.338 e. The van der Waals surface area contributed by atoms with E-state index in [-0.39, 0.29) is 11.8 Å². The summed E-state index contributed by atoms with van der Waals surface area (Å²) >= 11 is 0. The van der Waals surface area contributed by atoms with Gasteiger partial charge in [-0.3, -0.25) is 0 Å². The number of anilines is 1. The first-order chi connectivity index (χ1) is 15.0. The Morgan fingerprint density at radius 2 is 1.97 bits per heavy atom. The fraction of sp³-hybridized carbons (Fsp3) is 0.333. The molecule has 0 unspecified atom stereocenters. The molecule has 2 amide bonds. The molecule has 0 bridgehead atoms. The summed E-state index contributed by atoms with van der Waals surface area (Å²) in [5, 5.41) is 5.57. The second-order valence-corrected chi connectivity index (χ2v) is 7.41. The highest BCUT2D eigenvalue weighted by Crippen LogP contribution is 2.19. The van der Waals surface area contributed by atoms with Gasteiger partial charge in [-0.05, 0) is 73.9 Å². The SMILES string of the molecule is CCOC(=O)c1cccc(NC(=O)NCCCN2C=C(Cc3ccc(F)cc3)CC2)c1. The Balaban J connectivity index is 1.36. The Morgan fingerprint density at radius 3 is 2.74 bits per heavy atom. The van der Waals surface area contributed by atoms with Crippen LogP contribution in [0, 0.1) is 5.82 Å². The second kappa shape index (κ2) is 11.2. The summed E-state index contributed by atoms with van der Waals surface area (Å²) < 4.78 is 18.0. The molecule has 0 saturated carbocycles. The van der Waals surface area contributed by atoms with E-state index in [0.29, 0.717) is 24.4 Å². The topological polar surface area (TPSA) is 70.7 Å². The molecule has 2 N–H and O–H groups in total. The van der Waals surface area contributed by atoms with Crippen molar-refractivity contribution in [3.8, 4) is 0 Å². The lowest BCUT2D eigenvalue weighted by Crippen LogP contribution is -2.31. The van der Waals surface area contributed by atoms with E-state index in [1.807, 2.05) is 12.1 Å².